The van der Waals surface area contributed by atoms with E-state index < -0.39 is 20.9 Å². The van der Waals surface area contributed by atoms with Crippen molar-refractivity contribution in [2.75, 3.05) is 18.4 Å². The molecule has 1 aliphatic rings. The Kier molecular flexibility index (Phi) is 6.75. The summed E-state index contributed by atoms with van der Waals surface area (Å²) in [5, 5.41) is 15.7. The molecule has 34 heavy (non-hydrogen) atoms. The van der Waals surface area contributed by atoms with E-state index in [1.165, 1.54) is 52.0 Å². The first-order valence-electron chi connectivity index (χ1n) is 10.4. The third kappa shape index (κ3) is 5.14. The molecule has 1 N–H and O–H groups in total. The van der Waals surface area contributed by atoms with Gasteiger partial charge in [0, 0.05) is 41.7 Å². The Morgan fingerprint density at radius 2 is 1.85 bits per heavy atom. The Bertz CT molecular complexity index is 1310. The number of hydrogen-bond acceptors (Lipinski definition) is 8. The van der Waals surface area contributed by atoms with E-state index in [4.69, 9.17) is 4.74 Å². The average molecular weight is 503 g/mol. The molecular weight excluding hydrogens is 480 g/mol. The third-order valence-electron chi connectivity index (χ3n) is 5.22. The van der Waals surface area contributed by atoms with Gasteiger partial charge >= 0.3 is 0 Å². The predicted molar refractivity (Wildman–Crippen MR) is 127 cm³/mol. The van der Waals surface area contributed by atoms with Crippen molar-refractivity contribution < 1.29 is 22.9 Å². The van der Waals surface area contributed by atoms with Gasteiger partial charge in [-0.2, -0.15) is 4.31 Å². The minimum Gasteiger partial charge on any atom is -0.373 e. The van der Waals surface area contributed by atoms with Crippen molar-refractivity contribution >= 4 is 38.1 Å². The molecule has 3 aromatic rings. The molecule has 1 aliphatic heterocycles. The number of nitro groups is 1. The number of benzene rings is 2. The van der Waals surface area contributed by atoms with Crippen LogP contribution in [0.25, 0.3) is 11.3 Å². The third-order valence-corrected chi connectivity index (χ3v) is 7.82. The topological polar surface area (TPSA) is 132 Å². The molecule has 1 fully saturated rings. The molecule has 2 aromatic carbocycles. The van der Waals surface area contributed by atoms with Crippen LogP contribution < -0.4 is 5.32 Å². The van der Waals surface area contributed by atoms with Gasteiger partial charge in [-0.25, -0.2) is 13.4 Å². The second-order valence-corrected chi connectivity index (χ2v) is 10.7. The van der Waals surface area contributed by atoms with Crippen LogP contribution in [0.1, 0.15) is 24.2 Å². The van der Waals surface area contributed by atoms with Crippen molar-refractivity contribution in [1.29, 1.82) is 0 Å². The molecular formula is C22H22N4O6S2. The van der Waals surface area contributed by atoms with E-state index >= 15 is 0 Å². The fraction of sp³-hybridized carbons (Fsp3) is 0.273. The maximum atomic E-state index is 13.0. The van der Waals surface area contributed by atoms with E-state index in [0.29, 0.717) is 16.4 Å². The van der Waals surface area contributed by atoms with Crippen molar-refractivity contribution in [3.8, 4) is 11.3 Å². The highest BCUT2D eigenvalue weighted by molar-refractivity contribution is 7.89. The number of carbonyl (C=O) groups is 1. The van der Waals surface area contributed by atoms with Gasteiger partial charge in [-0.15, -0.1) is 11.3 Å². The number of morpholine rings is 1. The molecule has 0 saturated carbocycles. The summed E-state index contributed by atoms with van der Waals surface area (Å²) in [5.74, 6) is -0.447. The highest BCUT2D eigenvalue weighted by Crippen LogP contribution is 2.28. The summed E-state index contributed by atoms with van der Waals surface area (Å²) in [6, 6.07) is 11.8. The quantitative estimate of drug-likeness (QED) is 0.401. The number of anilines is 1. The summed E-state index contributed by atoms with van der Waals surface area (Å²) in [6.07, 6.45) is -0.400. The van der Waals surface area contributed by atoms with Crippen LogP contribution >= 0.6 is 11.3 Å². The smallest absolute Gasteiger partial charge is 0.270 e. The fourth-order valence-corrected chi connectivity index (χ4v) is 5.97. The number of rotatable bonds is 6. The van der Waals surface area contributed by atoms with Crippen molar-refractivity contribution in [3.63, 3.8) is 0 Å². The highest BCUT2D eigenvalue weighted by Gasteiger charge is 2.32. The summed E-state index contributed by atoms with van der Waals surface area (Å²) >= 11 is 1.18. The monoisotopic (exact) mass is 502 g/mol. The first-order chi connectivity index (χ1) is 16.1. The Balaban J connectivity index is 1.46. The van der Waals surface area contributed by atoms with E-state index in [-0.39, 0.29) is 41.4 Å². The summed E-state index contributed by atoms with van der Waals surface area (Å²) < 4.78 is 32.9. The largest absolute Gasteiger partial charge is 0.373 e. The summed E-state index contributed by atoms with van der Waals surface area (Å²) in [4.78, 5) is 27.6. The zero-order valence-electron chi connectivity index (χ0n) is 18.4. The molecule has 1 amide bonds. The lowest BCUT2D eigenvalue weighted by Gasteiger charge is -2.34. The molecule has 1 aromatic heterocycles. The van der Waals surface area contributed by atoms with E-state index in [0.717, 1.165) is 0 Å². The summed E-state index contributed by atoms with van der Waals surface area (Å²) in [6.45, 7) is 4.20. The van der Waals surface area contributed by atoms with Crippen LogP contribution in [0.2, 0.25) is 0 Å². The van der Waals surface area contributed by atoms with Crippen molar-refractivity contribution in [1.82, 2.24) is 9.29 Å². The molecule has 12 heteroatoms. The number of nitrogens with zero attached hydrogens (tertiary/aromatic N) is 3. The highest BCUT2D eigenvalue weighted by atomic mass is 32.2. The van der Waals surface area contributed by atoms with Crippen molar-refractivity contribution in [2.24, 2.45) is 0 Å². The zero-order valence-corrected chi connectivity index (χ0v) is 20.0. The number of ether oxygens (including phenoxy) is 1. The summed E-state index contributed by atoms with van der Waals surface area (Å²) in [5.41, 5.74) is 1.29. The van der Waals surface area contributed by atoms with Crippen LogP contribution in [0.15, 0.2) is 58.8 Å². The molecule has 2 atom stereocenters. The van der Waals surface area contributed by atoms with Gasteiger partial charge in [0.1, 0.15) is 0 Å². The minimum atomic E-state index is -3.70. The van der Waals surface area contributed by atoms with E-state index in [1.807, 2.05) is 13.8 Å². The second-order valence-electron chi connectivity index (χ2n) is 7.90. The van der Waals surface area contributed by atoms with Gasteiger partial charge in [-0.05, 0) is 38.1 Å². The number of sulfonamides is 1. The van der Waals surface area contributed by atoms with Gasteiger partial charge in [-0.1, -0.05) is 12.1 Å². The number of aromatic nitrogens is 1. The molecule has 10 nitrogen and oxygen atoms in total. The van der Waals surface area contributed by atoms with Crippen molar-refractivity contribution in [2.45, 2.75) is 31.0 Å². The molecule has 2 unspecified atom stereocenters. The van der Waals surface area contributed by atoms with Crippen LogP contribution in [0.5, 0.6) is 0 Å². The predicted octanol–water partition coefficient (Wildman–Crippen LogP) is 3.77. The molecule has 178 valence electrons. The minimum absolute atomic E-state index is 0.0490. The molecule has 0 aliphatic carbocycles. The van der Waals surface area contributed by atoms with Gasteiger partial charge < -0.3 is 4.74 Å². The van der Waals surface area contributed by atoms with Gasteiger partial charge in [0.15, 0.2) is 5.13 Å². The number of hydrogen-bond donors (Lipinski definition) is 1. The van der Waals surface area contributed by atoms with Gasteiger partial charge in [0.05, 0.1) is 27.7 Å². The zero-order chi connectivity index (χ0) is 24.5. The molecule has 0 bridgehead atoms. The number of carbonyl (C=O) groups excluding carboxylic acids is 1. The Hall–Kier alpha value is -3.19. The Morgan fingerprint density at radius 3 is 2.50 bits per heavy atom. The van der Waals surface area contributed by atoms with Gasteiger partial charge in [0.25, 0.3) is 11.6 Å². The van der Waals surface area contributed by atoms with E-state index in [1.54, 1.807) is 17.5 Å². The fourth-order valence-electron chi connectivity index (χ4n) is 3.67. The number of thiazole rings is 1. The number of non-ortho nitro benzene ring substituents is 1. The lowest BCUT2D eigenvalue weighted by atomic mass is 10.1. The SMILES string of the molecule is CC1CN(S(=O)(=O)c2ccc(C(=O)Nc3nc(-c4cccc([N+](=O)[O-])c4)cs3)cc2)CC(C)O1. The van der Waals surface area contributed by atoms with Crippen LogP contribution in [-0.2, 0) is 14.8 Å². The first-order valence-corrected chi connectivity index (χ1v) is 12.7. The standard InChI is InChI=1S/C22H22N4O6S2/c1-14-11-25(12-15(2)32-14)34(30,31)19-8-6-16(7-9-19)21(27)24-22-23-20(13-33-22)17-4-3-5-18(10-17)26(28)29/h3-10,13-15H,11-12H2,1-2H3,(H,23,24,27). The molecule has 0 radical (unpaired) electrons. The molecule has 4 rings (SSSR count). The maximum Gasteiger partial charge on any atom is 0.270 e. The Morgan fingerprint density at radius 1 is 1.18 bits per heavy atom. The average Bonchev–Trinajstić information content (AvgIpc) is 3.27. The van der Waals surface area contributed by atoms with Crippen LogP contribution in [0.4, 0.5) is 10.8 Å². The van der Waals surface area contributed by atoms with Crippen LogP contribution in [-0.4, -0.2) is 53.8 Å². The van der Waals surface area contributed by atoms with Crippen LogP contribution in [0, 0.1) is 10.1 Å². The van der Waals surface area contributed by atoms with Gasteiger partial charge in [0.2, 0.25) is 10.0 Å². The first kappa shape index (κ1) is 24.0. The normalized spacial score (nSPS) is 19.0. The van der Waals surface area contributed by atoms with E-state index in [2.05, 4.69) is 10.3 Å². The lowest BCUT2D eigenvalue weighted by Crippen LogP contribution is -2.48. The number of amides is 1. The van der Waals surface area contributed by atoms with E-state index in [9.17, 15) is 23.3 Å². The number of nitrogens with one attached hydrogen (secondary N) is 1. The molecule has 2 heterocycles. The van der Waals surface area contributed by atoms with Gasteiger partial charge in [-0.3, -0.25) is 20.2 Å². The maximum absolute atomic E-state index is 13.0. The molecule has 0 spiro atoms. The molecule has 1 saturated heterocycles. The summed E-state index contributed by atoms with van der Waals surface area (Å²) in [7, 11) is -3.70. The number of nitro benzene ring substituents is 1. The Labute approximate surface area is 200 Å². The lowest BCUT2D eigenvalue weighted by molar-refractivity contribution is -0.384. The van der Waals surface area contributed by atoms with Crippen molar-refractivity contribution in [3.05, 3.63) is 69.6 Å². The second kappa shape index (κ2) is 9.58. The van der Waals surface area contributed by atoms with Crippen LogP contribution in [0.3, 0.4) is 0 Å².